The molecule has 1 aliphatic rings. The first kappa shape index (κ1) is 21.0. The molecule has 6 heteroatoms. The SMILES string of the molecule is COc1ccc2cc(CNC(=O)NCc3ccnc(N4CCCCCC4)c3)ccc2c1. The summed E-state index contributed by atoms with van der Waals surface area (Å²) in [4.78, 5) is 19.2. The Hall–Kier alpha value is -3.28. The van der Waals surface area contributed by atoms with E-state index in [2.05, 4.69) is 32.7 Å². The molecule has 2 N–H and O–H groups in total. The molecule has 0 spiro atoms. The molecular weight excluding hydrogens is 388 g/mol. The van der Waals surface area contributed by atoms with Gasteiger partial charge in [-0.1, -0.05) is 31.0 Å². The van der Waals surface area contributed by atoms with Crippen LogP contribution in [-0.4, -0.2) is 31.2 Å². The van der Waals surface area contributed by atoms with Crippen molar-refractivity contribution in [1.82, 2.24) is 15.6 Å². The number of carbonyl (C=O) groups is 1. The van der Waals surface area contributed by atoms with Crippen LogP contribution in [0.4, 0.5) is 10.6 Å². The fraction of sp³-hybridized carbons (Fsp3) is 0.360. The number of benzene rings is 2. The lowest BCUT2D eigenvalue weighted by molar-refractivity contribution is 0.240. The topological polar surface area (TPSA) is 66.5 Å². The zero-order valence-corrected chi connectivity index (χ0v) is 18.1. The van der Waals surface area contributed by atoms with Crippen LogP contribution in [0.15, 0.2) is 54.7 Å². The Morgan fingerprint density at radius 3 is 2.32 bits per heavy atom. The molecule has 162 valence electrons. The summed E-state index contributed by atoms with van der Waals surface area (Å²) >= 11 is 0. The zero-order chi connectivity index (χ0) is 21.5. The first-order valence-corrected chi connectivity index (χ1v) is 11.0. The number of nitrogens with one attached hydrogen (secondary N) is 2. The second-order valence-electron chi connectivity index (χ2n) is 8.01. The van der Waals surface area contributed by atoms with Gasteiger partial charge in [-0.2, -0.15) is 0 Å². The fourth-order valence-corrected chi connectivity index (χ4v) is 3.98. The number of methoxy groups -OCH3 is 1. The molecule has 0 atom stereocenters. The van der Waals surface area contributed by atoms with E-state index in [1.165, 1.54) is 25.7 Å². The van der Waals surface area contributed by atoms with Crippen LogP contribution in [0.1, 0.15) is 36.8 Å². The van der Waals surface area contributed by atoms with Crippen LogP contribution < -0.4 is 20.3 Å². The molecule has 0 radical (unpaired) electrons. The monoisotopic (exact) mass is 418 g/mol. The van der Waals surface area contributed by atoms with Gasteiger partial charge in [0, 0.05) is 32.4 Å². The van der Waals surface area contributed by atoms with E-state index in [0.717, 1.165) is 46.6 Å². The second-order valence-corrected chi connectivity index (χ2v) is 8.01. The minimum Gasteiger partial charge on any atom is -0.497 e. The molecular formula is C25H30N4O2. The van der Waals surface area contributed by atoms with Gasteiger partial charge in [-0.25, -0.2) is 9.78 Å². The van der Waals surface area contributed by atoms with Crippen molar-refractivity contribution in [2.24, 2.45) is 0 Å². The second kappa shape index (κ2) is 10.2. The predicted molar refractivity (Wildman–Crippen MR) is 124 cm³/mol. The normalized spacial score (nSPS) is 14.2. The average Bonchev–Trinajstić information content (AvgIpc) is 3.11. The van der Waals surface area contributed by atoms with E-state index >= 15 is 0 Å². The van der Waals surface area contributed by atoms with Crippen LogP contribution in [0.2, 0.25) is 0 Å². The number of amides is 2. The standard InChI is InChI=1S/C25H30N4O2/c1-31-23-9-8-21-14-19(6-7-22(21)16-23)17-27-25(30)28-18-20-10-11-26-24(15-20)29-12-4-2-3-5-13-29/h6-11,14-16H,2-5,12-13,17-18H2,1H3,(H2,27,28,30). The molecule has 0 bridgehead atoms. The molecule has 2 aromatic carbocycles. The lowest BCUT2D eigenvalue weighted by Crippen LogP contribution is -2.34. The smallest absolute Gasteiger partial charge is 0.315 e. The number of hydrogen-bond donors (Lipinski definition) is 2. The number of urea groups is 1. The van der Waals surface area contributed by atoms with Gasteiger partial charge in [-0.3, -0.25) is 0 Å². The Balaban J connectivity index is 1.29. The van der Waals surface area contributed by atoms with Crippen molar-refractivity contribution < 1.29 is 9.53 Å². The van der Waals surface area contributed by atoms with Crippen molar-refractivity contribution in [3.8, 4) is 5.75 Å². The summed E-state index contributed by atoms with van der Waals surface area (Å²) < 4.78 is 5.27. The van der Waals surface area contributed by atoms with Crippen molar-refractivity contribution in [3.63, 3.8) is 0 Å². The lowest BCUT2D eigenvalue weighted by atomic mass is 10.1. The fourth-order valence-electron chi connectivity index (χ4n) is 3.98. The number of fused-ring (bicyclic) bond motifs is 1. The molecule has 1 saturated heterocycles. The van der Waals surface area contributed by atoms with E-state index in [4.69, 9.17) is 4.74 Å². The minimum absolute atomic E-state index is 0.178. The summed E-state index contributed by atoms with van der Waals surface area (Å²) in [6.07, 6.45) is 6.86. The molecule has 0 aliphatic carbocycles. The summed E-state index contributed by atoms with van der Waals surface area (Å²) in [6, 6.07) is 16.0. The van der Waals surface area contributed by atoms with Crippen LogP contribution in [0.5, 0.6) is 5.75 Å². The average molecular weight is 419 g/mol. The maximum atomic E-state index is 12.3. The van der Waals surface area contributed by atoms with Crippen molar-refractivity contribution >= 4 is 22.6 Å². The van der Waals surface area contributed by atoms with E-state index in [0.29, 0.717) is 13.1 Å². The van der Waals surface area contributed by atoms with E-state index in [9.17, 15) is 4.79 Å². The lowest BCUT2D eigenvalue weighted by Gasteiger charge is -2.21. The predicted octanol–water partition coefficient (Wildman–Crippen LogP) is 4.62. The molecule has 1 fully saturated rings. The van der Waals surface area contributed by atoms with Crippen LogP contribution >= 0.6 is 0 Å². The number of ether oxygens (including phenoxy) is 1. The molecule has 2 amide bonds. The van der Waals surface area contributed by atoms with E-state index in [1.807, 2.05) is 42.6 Å². The summed E-state index contributed by atoms with van der Waals surface area (Å²) in [7, 11) is 1.67. The van der Waals surface area contributed by atoms with Gasteiger partial charge in [0.2, 0.25) is 0 Å². The number of anilines is 1. The summed E-state index contributed by atoms with van der Waals surface area (Å²) in [5.41, 5.74) is 2.12. The molecule has 3 aromatic rings. The quantitative estimate of drug-likeness (QED) is 0.613. The molecule has 6 nitrogen and oxygen atoms in total. The molecule has 1 aliphatic heterocycles. The summed E-state index contributed by atoms with van der Waals surface area (Å²) in [6.45, 7) is 3.07. The van der Waals surface area contributed by atoms with E-state index < -0.39 is 0 Å². The highest BCUT2D eigenvalue weighted by Gasteiger charge is 2.11. The highest BCUT2D eigenvalue weighted by atomic mass is 16.5. The van der Waals surface area contributed by atoms with E-state index in [-0.39, 0.29) is 6.03 Å². The van der Waals surface area contributed by atoms with Crippen molar-refractivity contribution in [3.05, 3.63) is 65.9 Å². The third-order valence-corrected chi connectivity index (χ3v) is 5.76. The molecule has 1 aromatic heterocycles. The van der Waals surface area contributed by atoms with Crippen LogP contribution in [0, 0.1) is 0 Å². The number of aromatic nitrogens is 1. The number of pyridine rings is 1. The number of rotatable bonds is 6. The van der Waals surface area contributed by atoms with Crippen molar-refractivity contribution in [1.29, 1.82) is 0 Å². The van der Waals surface area contributed by atoms with Gasteiger partial charge in [0.25, 0.3) is 0 Å². The van der Waals surface area contributed by atoms with Gasteiger partial charge < -0.3 is 20.3 Å². The van der Waals surface area contributed by atoms with Gasteiger partial charge in [0.1, 0.15) is 11.6 Å². The third kappa shape index (κ3) is 5.66. The Morgan fingerprint density at radius 1 is 0.903 bits per heavy atom. The third-order valence-electron chi connectivity index (χ3n) is 5.76. The largest absolute Gasteiger partial charge is 0.497 e. The minimum atomic E-state index is -0.178. The van der Waals surface area contributed by atoms with Gasteiger partial charge in [0.05, 0.1) is 7.11 Å². The van der Waals surface area contributed by atoms with Gasteiger partial charge in [-0.05, 0) is 65.1 Å². The van der Waals surface area contributed by atoms with Crippen LogP contribution in [0.25, 0.3) is 10.8 Å². The molecule has 31 heavy (non-hydrogen) atoms. The van der Waals surface area contributed by atoms with Gasteiger partial charge in [0.15, 0.2) is 0 Å². The first-order chi connectivity index (χ1) is 15.2. The Labute approximate surface area is 183 Å². The van der Waals surface area contributed by atoms with Gasteiger partial charge in [-0.15, -0.1) is 0 Å². The zero-order valence-electron chi connectivity index (χ0n) is 18.1. The highest BCUT2D eigenvalue weighted by Crippen LogP contribution is 2.22. The first-order valence-electron chi connectivity index (χ1n) is 11.0. The highest BCUT2D eigenvalue weighted by molar-refractivity contribution is 5.84. The maximum absolute atomic E-state index is 12.3. The van der Waals surface area contributed by atoms with E-state index in [1.54, 1.807) is 7.11 Å². The molecule has 0 saturated carbocycles. The van der Waals surface area contributed by atoms with Crippen molar-refractivity contribution in [2.75, 3.05) is 25.1 Å². The Morgan fingerprint density at radius 2 is 1.58 bits per heavy atom. The number of nitrogens with zero attached hydrogens (tertiary/aromatic N) is 2. The summed E-state index contributed by atoms with van der Waals surface area (Å²) in [5.74, 6) is 1.85. The Bertz CT molecular complexity index is 1030. The van der Waals surface area contributed by atoms with Gasteiger partial charge >= 0.3 is 6.03 Å². The number of hydrogen-bond acceptors (Lipinski definition) is 4. The maximum Gasteiger partial charge on any atom is 0.315 e. The molecule has 0 unspecified atom stereocenters. The van der Waals surface area contributed by atoms with Crippen LogP contribution in [0.3, 0.4) is 0 Å². The molecule has 2 heterocycles. The van der Waals surface area contributed by atoms with Crippen molar-refractivity contribution in [2.45, 2.75) is 38.8 Å². The van der Waals surface area contributed by atoms with Crippen LogP contribution in [-0.2, 0) is 13.1 Å². The Kier molecular flexibility index (Phi) is 6.87. The molecule has 4 rings (SSSR count). The summed E-state index contributed by atoms with van der Waals surface area (Å²) in [5, 5.41) is 8.13. The number of carbonyl (C=O) groups excluding carboxylic acids is 1.